The Bertz CT molecular complexity index is 580. The zero-order chi connectivity index (χ0) is 11.0. The normalized spacial score (nSPS) is 10.5. The summed E-state index contributed by atoms with van der Waals surface area (Å²) in [5, 5.41) is 10.0. The fourth-order valence-corrected chi connectivity index (χ4v) is 2.30. The summed E-state index contributed by atoms with van der Waals surface area (Å²) in [5.41, 5.74) is 0.405. The van der Waals surface area contributed by atoms with Gasteiger partial charge < -0.3 is 4.98 Å². The number of halogens is 1. The van der Waals surface area contributed by atoms with Crippen molar-refractivity contribution in [2.45, 2.75) is 0 Å². The molecule has 0 radical (unpaired) electrons. The van der Waals surface area contributed by atoms with Crippen molar-refractivity contribution < 1.29 is 0 Å². The van der Waals surface area contributed by atoms with Gasteiger partial charge in [-0.2, -0.15) is 0 Å². The molecule has 0 unspecified atom stereocenters. The molecule has 0 amide bonds. The van der Waals surface area contributed by atoms with E-state index in [1.54, 1.807) is 7.05 Å². The number of thiazole rings is 1. The van der Waals surface area contributed by atoms with E-state index < -0.39 is 0 Å². The van der Waals surface area contributed by atoms with Gasteiger partial charge in [0.15, 0.2) is 0 Å². The van der Waals surface area contributed by atoms with Gasteiger partial charge in [0.25, 0.3) is 5.56 Å². The van der Waals surface area contributed by atoms with Crippen molar-refractivity contribution in [3.8, 4) is 10.7 Å². The molecular formula is C8H7BrN4OS. The quantitative estimate of drug-likeness (QED) is 0.823. The smallest absolute Gasteiger partial charge is 0.255 e. The zero-order valence-corrected chi connectivity index (χ0v) is 10.1. The topological polar surface area (TPSA) is 74.5 Å². The number of nitrogens with zero attached hydrogens (tertiary/aromatic N) is 2. The van der Waals surface area contributed by atoms with Crippen molar-refractivity contribution in [3.05, 3.63) is 32.0 Å². The highest BCUT2D eigenvalue weighted by molar-refractivity contribution is 9.10. The molecule has 0 spiro atoms. The van der Waals surface area contributed by atoms with E-state index >= 15 is 0 Å². The van der Waals surface area contributed by atoms with E-state index in [0.717, 1.165) is 4.60 Å². The van der Waals surface area contributed by atoms with E-state index in [2.05, 4.69) is 25.9 Å². The van der Waals surface area contributed by atoms with Crippen LogP contribution < -0.4 is 11.2 Å². The molecule has 0 saturated carbocycles. The summed E-state index contributed by atoms with van der Waals surface area (Å²) in [5.74, 6) is 0. The lowest BCUT2D eigenvalue weighted by Gasteiger charge is -1.99. The Labute approximate surface area is 97.1 Å². The summed E-state index contributed by atoms with van der Waals surface area (Å²) >= 11 is 4.64. The van der Waals surface area contributed by atoms with Gasteiger partial charge in [-0.25, -0.2) is 4.98 Å². The van der Waals surface area contributed by atoms with E-state index in [-0.39, 0.29) is 11.2 Å². The molecule has 0 fully saturated rings. The van der Waals surface area contributed by atoms with Crippen molar-refractivity contribution in [2.24, 2.45) is 7.05 Å². The number of aromatic amines is 1. The molecule has 2 N–H and O–H groups in total. The van der Waals surface area contributed by atoms with Crippen molar-refractivity contribution in [3.63, 3.8) is 0 Å². The maximum Gasteiger partial charge on any atom is 0.255 e. The first kappa shape index (κ1) is 10.3. The van der Waals surface area contributed by atoms with Crippen LogP contribution in [0.15, 0.2) is 20.8 Å². The van der Waals surface area contributed by atoms with Gasteiger partial charge in [0, 0.05) is 18.5 Å². The molecule has 2 rings (SSSR count). The molecule has 2 aromatic rings. The molecular weight excluding hydrogens is 280 g/mol. The fourth-order valence-electron chi connectivity index (χ4n) is 1.07. The van der Waals surface area contributed by atoms with E-state index in [9.17, 15) is 4.79 Å². The fraction of sp³-hybridized carbons (Fsp3) is 0.125. The molecule has 0 aliphatic rings. The van der Waals surface area contributed by atoms with Crippen molar-refractivity contribution in [1.82, 2.24) is 14.5 Å². The van der Waals surface area contributed by atoms with Gasteiger partial charge in [-0.3, -0.25) is 14.8 Å². The monoisotopic (exact) mass is 286 g/mol. The number of nitrogens with one attached hydrogen (secondary N) is 2. The van der Waals surface area contributed by atoms with Crippen molar-refractivity contribution in [1.29, 1.82) is 5.41 Å². The first-order valence-corrected chi connectivity index (χ1v) is 5.71. The van der Waals surface area contributed by atoms with Gasteiger partial charge in [0.05, 0.1) is 5.69 Å². The van der Waals surface area contributed by atoms with Crippen LogP contribution in [0.3, 0.4) is 0 Å². The van der Waals surface area contributed by atoms with Gasteiger partial charge in [-0.1, -0.05) is 0 Å². The Morgan fingerprint density at radius 3 is 2.93 bits per heavy atom. The second-order valence-corrected chi connectivity index (χ2v) is 4.57. The summed E-state index contributed by atoms with van der Waals surface area (Å²) in [6.07, 6.45) is 0. The highest BCUT2D eigenvalue weighted by atomic mass is 79.9. The van der Waals surface area contributed by atoms with Crippen LogP contribution in [0, 0.1) is 5.41 Å². The third kappa shape index (κ3) is 1.93. The molecule has 0 aliphatic carbocycles. The summed E-state index contributed by atoms with van der Waals surface area (Å²) in [6, 6.07) is 1.43. The Balaban J connectivity index is 2.65. The van der Waals surface area contributed by atoms with Crippen molar-refractivity contribution in [2.75, 3.05) is 0 Å². The lowest BCUT2D eigenvalue weighted by atomic mass is 10.4. The average molecular weight is 287 g/mol. The Morgan fingerprint density at radius 1 is 1.67 bits per heavy atom. The lowest BCUT2D eigenvalue weighted by molar-refractivity contribution is 0.736. The van der Waals surface area contributed by atoms with Gasteiger partial charge in [0.2, 0.25) is 5.62 Å². The minimum atomic E-state index is -0.222. The minimum absolute atomic E-state index is 0.0591. The third-order valence-corrected chi connectivity index (χ3v) is 3.48. The largest absolute Gasteiger partial charge is 0.323 e. The van der Waals surface area contributed by atoms with E-state index in [4.69, 9.17) is 5.41 Å². The first-order valence-electron chi connectivity index (χ1n) is 4.04. The second kappa shape index (κ2) is 3.74. The molecule has 15 heavy (non-hydrogen) atoms. The lowest BCUT2D eigenvalue weighted by Crippen LogP contribution is -2.32. The van der Waals surface area contributed by atoms with Crippen LogP contribution in [0.25, 0.3) is 10.7 Å². The van der Waals surface area contributed by atoms with Crippen LogP contribution in [-0.2, 0) is 7.05 Å². The summed E-state index contributed by atoms with van der Waals surface area (Å²) in [4.78, 5) is 18.4. The highest BCUT2D eigenvalue weighted by Gasteiger charge is 2.05. The third-order valence-electron chi connectivity index (χ3n) is 1.89. The predicted molar refractivity (Wildman–Crippen MR) is 60.7 cm³/mol. The van der Waals surface area contributed by atoms with E-state index in [0.29, 0.717) is 10.7 Å². The molecule has 0 aromatic carbocycles. The van der Waals surface area contributed by atoms with Crippen LogP contribution in [0.4, 0.5) is 0 Å². The molecule has 0 aliphatic heterocycles. The Kier molecular flexibility index (Phi) is 2.57. The number of hydrogen-bond donors (Lipinski definition) is 2. The standard InChI is InChI=1S/C8H7BrN4OS/c1-13-6(14)2-4(11-8(13)10)7-12-5(9)3-15-7/h2-3H,1H3,(H2,10,11). The molecule has 2 aromatic heterocycles. The minimum Gasteiger partial charge on any atom is -0.323 e. The van der Waals surface area contributed by atoms with E-state index in [1.807, 2.05) is 5.38 Å². The SMILES string of the molecule is Cn1c(=O)cc(-c2nc(Br)cs2)[nH]c1=N. The highest BCUT2D eigenvalue weighted by Crippen LogP contribution is 2.22. The van der Waals surface area contributed by atoms with Gasteiger partial charge in [0.1, 0.15) is 9.61 Å². The van der Waals surface area contributed by atoms with Gasteiger partial charge >= 0.3 is 0 Å². The van der Waals surface area contributed by atoms with Crippen LogP contribution in [0.2, 0.25) is 0 Å². The molecule has 7 heteroatoms. The molecule has 0 atom stereocenters. The molecule has 2 heterocycles. The van der Waals surface area contributed by atoms with E-state index in [1.165, 1.54) is 22.0 Å². The van der Waals surface area contributed by atoms with Crippen LogP contribution >= 0.6 is 27.3 Å². The number of hydrogen-bond acceptors (Lipinski definition) is 4. The summed E-state index contributed by atoms with van der Waals surface area (Å²) in [6.45, 7) is 0. The predicted octanol–water partition coefficient (Wildman–Crippen LogP) is 1.08. The maximum atomic E-state index is 11.4. The molecule has 0 saturated heterocycles. The van der Waals surface area contributed by atoms with Crippen molar-refractivity contribution >= 4 is 27.3 Å². The first-order chi connectivity index (χ1) is 7.08. The van der Waals surface area contributed by atoms with Crippen LogP contribution in [0.1, 0.15) is 0 Å². The average Bonchev–Trinajstić information content (AvgIpc) is 2.60. The summed E-state index contributed by atoms with van der Waals surface area (Å²) in [7, 11) is 1.54. The summed E-state index contributed by atoms with van der Waals surface area (Å²) < 4.78 is 1.95. The number of aromatic nitrogens is 3. The number of rotatable bonds is 1. The van der Waals surface area contributed by atoms with Gasteiger partial charge in [-0.05, 0) is 15.9 Å². The Morgan fingerprint density at radius 2 is 2.40 bits per heavy atom. The molecule has 0 bridgehead atoms. The van der Waals surface area contributed by atoms with Crippen LogP contribution in [-0.4, -0.2) is 14.5 Å². The molecule has 78 valence electrons. The zero-order valence-electron chi connectivity index (χ0n) is 7.74. The van der Waals surface area contributed by atoms with Gasteiger partial charge in [-0.15, -0.1) is 11.3 Å². The van der Waals surface area contributed by atoms with Crippen LogP contribution in [0.5, 0.6) is 0 Å². The number of H-pyrrole nitrogens is 1. The molecule has 5 nitrogen and oxygen atoms in total. The Hall–Kier alpha value is -1.21. The second-order valence-electron chi connectivity index (χ2n) is 2.90. The maximum absolute atomic E-state index is 11.4.